The molecule has 0 amide bonds. The fraction of sp³-hybridized carbons (Fsp3) is 0.933. The number of aliphatic hydroxyl groups is 3. The Morgan fingerprint density at radius 2 is 1.59 bits per heavy atom. The van der Waals surface area contributed by atoms with E-state index in [4.69, 9.17) is 9.47 Å². The van der Waals surface area contributed by atoms with Gasteiger partial charge in [-0.1, -0.05) is 20.8 Å². The topological polar surface area (TPSA) is 154 Å². The van der Waals surface area contributed by atoms with Crippen LogP contribution in [-0.2, 0) is 19.1 Å². The summed E-state index contributed by atoms with van der Waals surface area (Å²) in [7, 11) is 0. The smallest absolute Gasteiger partial charge is 0.335 e. The van der Waals surface area contributed by atoms with Gasteiger partial charge in [0, 0.05) is 6.42 Å². The second-order valence-electron chi connectivity index (χ2n) is 14.1. The number of aliphatic hydroxyl groups excluding tert-OH is 3. The molecule has 5 N–H and O–H groups in total. The minimum atomic E-state index is -1.71. The van der Waals surface area contributed by atoms with Gasteiger partial charge in [-0.2, -0.15) is 0 Å². The molecule has 1 saturated heterocycles. The van der Waals surface area contributed by atoms with Crippen molar-refractivity contribution in [2.24, 2.45) is 46.3 Å². The number of hydrogen-bond acceptors (Lipinski definition) is 7. The Balaban J connectivity index is 1.23. The Labute approximate surface area is 231 Å². The predicted molar refractivity (Wildman–Crippen MR) is 140 cm³/mol. The van der Waals surface area contributed by atoms with Gasteiger partial charge in [0.2, 0.25) is 0 Å². The van der Waals surface area contributed by atoms with E-state index in [0.717, 1.165) is 32.1 Å². The van der Waals surface area contributed by atoms with Crippen LogP contribution in [0.25, 0.3) is 0 Å². The predicted octanol–water partition coefficient (Wildman–Crippen LogP) is 3.42. The largest absolute Gasteiger partial charge is 0.481 e. The molecule has 0 aromatic heterocycles. The third kappa shape index (κ3) is 5.05. The molecule has 0 aromatic carbocycles. The first-order valence-corrected chi connectivity index (χ1v) is 15.2. The number of aliphatic carboxylic acids is 2. The molecule has 1 heterocycles. The van der Waals surface area contributed by atoms with Crippen molar-refractivity contribution in [3.05, 3.63) is 0 Å². The van der Waals surface area contributed by atoms with Gasteiger partial charge in [-0.25, -0.2) is 4.79 Å². The summed E-state index contributed by atoms with van der Waals surface area (Å²) < 4.78 is 11.5. The lowest BCUT2D eigenvalue weighted by molar-refractivity contribution is -0.309. The molecule has 0 spiro atoms. The molecule has 0 aromatic rings. The van der Waals surface area contributed by atoms with Crippen LogP contribution in [0.1, 0.15) is 91.4 Å². The summed E-state index contributed by atoms with van der Waals surface area (Å²) in [5, 5.41) is 49.1. The molecule has 9 nitrogen and oxygen atoms in total. The maximum absolute atomic E-state index is 11.5. The van der Waals surface area contributed by atoms with Gasteiger partial charge < -0.3 is 35.0 Å². The van der Waals surface area contributed by atoms with Gasteiger partial charge in [0.25, 0.3) is 0 Å². The molecule has 5 aliphatic rings. The first-order chi connectivity index (χ1) is 18.4. The fourth-order valence-corrected chi connectivity index (χ4v) is 10.2. The van der Waals surface area contributed by atoms with Crippen molar-refractivity contribution in [1.29, 1.82) is 0 Å². The summed E-state index contributed by atoms with van der Waals surface area (Å²) in [6.45, 7) is 7.22. The maximum Gasteiger partial charge on any atom is 0.335 e. The van der Waals surface area contributed by atoms with Crippen LogP contribution in [0, 0.1) is 46.3 Å². The Bertz CT molecular complexity index is 926. The molecule has 1 aliphatic heterocycles. The second kappa shape index (κ2) is 10.9. The number of fused-ring (bicyclic) bond motifs is 5. The number of hydrogen-bond donors (Lipinski definition) is 5. The molecule has 5 fully saturated rings. The Morgan fingerprint density at radius 3 is 2.28 bits per heavy atom. The normalized spacial score (nSPS) is 50.4. The third-order valence-corrected chi connectivity index (χ3v) is 12.3. The minimum absolute atomic E-state index is 0.198. The van der Waals surface area contributed by atoms with Gasteiger partial charge in [-0.3, -0.25) is 4.79 Å². The van der Waals surface area contributed by atoms with E-state index in [1.165, 1.54) is 32.1 Å². The zero-order valence-electron chi connectivity index (χ0n) is 23.6. The Morgan fingerprint density at radius 1 is 0.897 bits per heavy atom. The van der Waals surface area contributed by atoms with Crippen molar-refractivity contribution in [2.75, 3.05) is 0 Å². The van der Waals surface area contributed by atoms with Crippen LogP contribution in [0.4, 0.5) is 0 Å². The van der Waals surface area contributed by atoms with Gasteiger partial charge in [-0.15, -0.1) is 0 Å². The molecule has 4 aliphatic carbocycles. The highest BCUT2D eigenvalue weighted by molar-refractivity contribution is 5.73. The van der Waals surface area contributed by atoms with Crippen molar-refractivity contribution < 1.29 is 44.6 Å². The number of carboxylic acid groups (broad SMARTS) is 2. The first kappa shape index (κ1) is 29.2. The lowest BCUT2D eigenvalue weighted by atomic mass is 9.44. The van der Waals surface area contributed by atoms with E-state index >= 15 is 0 Å². The quantitative estimate of drug-likeness (QED) is 0.299. The van der Waals surface area contributed by atoms with Crippen LogP contribution in [-0.4, -0.2) is 74.3 Å². The summed E-state index contributed by atoms with van der Waals surface area (Å²) >= 11 is 0. The van der Waals surface area contributed by atoms with Crippen molar-refractivity contribution in [2.45, 2.75) is 128 Å². The highest BCUT2D eigenvalue weighted by Crippen LogP contribution is 2.68. The number of carbonyl (C=O) groups is 2. The molecule has 39 heavy (non-hydrogen) atoms. The van der Waals surface area contributed by atoms with Crippen LogP contribution >= 0.6 is 0 Å². The van der Waals surface area contributed by atoms with Crippen LogP contribution in [0.15, 0.2) is 0 Å². The highest BCUT2D eigenvalue weighted by atomic mass is 16.7. The van der Waals surface area contributed by atoms with Crippen molar-refractivity contribution in [1.82, 2.24) is 0 Å². The average Bonchev–Trinajstić information content (AvgIpc) is 3.24. The van der Waals surface area contributed by atoms with Crippen molar-refractivity contribution >= 4 is 11.9 Å². The van der Waals surface area contributed by atoms with E-state index < -0.39 is 42.6 Å². The number of rotatable bonds is 7. The zero-order valence-corrected chi connectivity index (χ0v) is 23.6. The van der Waals surface area contributed by atoms with Crippen LogP contribution in [0.5, 0.6) is 0 Å². The summed E-state index contributed by atoms with van der Waals surface area (Å²) in [6.07, 6.45) is 2.84. The zero-order chi connectivity index (χ0) is 28.3. The van der Waals surface area contributed by atoms with Crippen LogP contribution in [0.3, 0.4) is 0 Å². The molecular formula is C30H48O9. The summed E-state index contributed by atoms with van der Waals surface area (Å²) in [5.41, 5.74) is 0.506. The molecule has 0 bridgehead atoms. The second-order valence-corrected chi connectivity index (χ2v) is 14.1. The highest BCUT2D eigenvalue weighted by Gasteiger charge is 2.61. The number of carboxylic acids is 2. The van der Waals surface area contributed by atoms with Gasteiger partial charge in [0.05, 0.1) is 6.10 Å². The lowest BCUT2D eigenvalue weighted by Crippen LogP contribution is -2.61. The fourth-order valence-electron chi connectivity index (χ4n) is 10.2. The first-order valence-electron chi connectivity index (χ1n) is 15.2. The van der Waals surface area contributed by atoms with Crippen molar-refractivity contribution in [3.8, 4) is 0 Å². The van der Waals surface area contributed by atoms with E-state index in [1.54, 1.807) is 0 Å². The minimum Gasteiger partial charge on any atom is -0.481 e. The van der Waals surface area contributed by atoms with Gasteiger partial charge in [0.15, 0.2) is 12.4 Å². The van der Waals surface area contributed by atoms with Crippen molar-refractivity contribution in [3.63, 3.8) is 0 Å². The maximum atomic E-state index is 11.5. The molecule has 4 saturated carbocycles. The Hall–Kier alpha value is -1.26. The molecular weight excluding hydrogens is 504 g/mol. The summed E-state index contributed by atoms with van der Waals surface area (Å²) in [5.74, 6) is 1.48. The van der Waals surface area contributed by atoms with E-state index in [9.17, 15) is 35.1 Å². The monoisotopic (exact) mass is 552 g/mol. The average molecular weight is 553 g/mol. The third-order valence-electron chi connectivity index (χ3n) is 12.3. The van der Waals surface area contributed by atoms with Gasteiger partial charge in [-0.05, 0) is 111 Å². The van der Waals surface area contributed by atoms with Gasteiger partial charge in [0.1, 0.15) is 18.3 Å². The lowest BCUT2D eigenvalue weighted by Gasteiger charge is -2.61. The molecule has 0 radical (unpaired) electrons. The Kier molecular flexibility index (Phi) is 8.14. The molecule has 9 heteroatoms. The molecule has 5 rings (SSSR count). The van der Waals surface area contributed by atoms with E-state index in [2.05, 4.69) is 20.8 Å². The summed E-state index contributed by atoms with van der Waals surface area (Å²) in [6, 6.07) is 0. The van der Waals surface area contributed by atoms with E-state index in [-0.39, 0.29) is 17.9 Å². The van der Waals surface area contributed by atoms with Crippen LogP contribution in [0.2, 0.25) is 0 Å². The SMILES string of the molecule is C[C@H](CCC(=O)O)[C@H]1CC[C@H]2[C@@H]3CC[C@@H]4C[C@H](O[C@@H]5O[C@H](C(=O)O)[C@@H](O)[C@H](O)[C@H]5O)CC[C@]4(C)[C@H]3CC[C@]12C. The molecule has 14 atom stereocenters. The molecule has 0 unspecified atom stereocenters. The van der Waals surface area contributed by atoms with Crippen LogP contribution < -0.4 is 0 Å². The standard InChI is InChI=1S/C30H48O9/c1-15(4-9-22(31)32)19-7-8-20-18-6-5-16-14-17(10-12-29(16,2)21(18)11-13-30(19,20)3)38-28-25(35)23(33)24(34)26(39-28)27(36)37/h15-21,23-26,28,33-35H,4-14H2,1-3H3,(H,31,32)(H,36,37)/t15-,16-,17-,18+,19-,20+,21+,23+,24+,25-,26+,28-,29+,30-/m1/s1. The summed E-state index contributed by atoms with van der Waals surface area (Å²) in [4.78, 5) is 22.7. The van der Waals surface area contributed by atoms with E-state index in [0.29, 0.717) is 40.9 Å². The molecule has 222 valence electrons. The number of ether oxygens (including phenoxy) is 2. The van der Waals surface area contributed by atoms with Gasteiger partial charge >= 0.3 is 11.9 Å². The van der Waals surface area contributed by atoms with E-state index in [1.807, 2.05) is 0 Å².